The van der Waals surface area contributed by atoms with Crippen molar-refractivity contribution in [3.8, 4) is 11.6 Å². The lowest BCUT2D eigenvalue weighted by Crippen LogP contribution is -2.04. The summed E-state index contributed by atoms with van der Waals surface area (Å²) in [6, 6.07) is 12.8. The number of alkyl halides is 3. The summed E-state index contributed by atoms with van der Waals surface area (Å²) in [6.07, 6.45) is -1.56. The Morgan fingerprint density at radius 3 is 2.55 bits per heavy atom. The maximum Gasteiger partial charge on any atom is 0.416 e. The normalized spacial score (nSPS) is 11.6. The van der Waals surface area contributed by atoms with Gasteiger partial charge in [0.05, 0.1) is 11.8 Å². The topological polar surface area (TPSA) is 43.7 Å². The van der Waals surface area contributed by atoms with Crippen LogP contribution in [0.1, 0.15) is 16.7 Å². The molecule has 29 heavy (non-hydrogen) atoms. The Labute approximate surface area is 174 Å². The highest BCUT2D eigenvalue weighted by Gasteiger charge is 2.30. The van der Waals surface area contributed by atoms with Crippen molar-refractivity contribution < 1.29 is 22.7 Å². The molecule has 1 aromatic heterocycles. The Bertz CT molecular complexity index is 1010. The van der Waals surface area contributed by atoms with Gasteiger partial charge in [0.25, 0.3) is 0 Å². The molecule has 0 spiro atoms. The van der Waals surface area contributed by atoms with Crippen LogP contribution < -0.4 is 4.74 Å². The molecule has 0 unspecified atom stereocenters. The number of benzene rings is 2. The van der Waals surface area contributed by atoms with E-state index in [9.17, 15) is 13.2 Å². The second-order valence-corrected chi connectivity index (χ2v) is 6.64. The summed E-state index contributed by atoms with van der Waals surface area (Å²) in [5, 5.41) is 4.84. The molecule has 0 atom stereocenters. The van der Waals surface area contributed by atoms with Gasteiger partial charge in [-0.25, -0.2) is 4.98 Å². The zero-order chi connectivity index (χ0) is 20.9. The van der Waals surface area contributed by atoms with Crippen molar-refractivity contribution in [2.45, 2.75) is 12.8 Å². The van der Waals surface area contributed by atoms with Gasteiger partial charge in [0.15, 0.2) is 0 Å². The highest BCUT2D eigenvalue weighted by molar-refractivity contribution is 6.35. The second kappa shape index (κ2) is 9.15. The van der Waals surface area contributed by atoms with Crippen LogP contribution in [0.5, 0.6) is 11.6 Å². The average molecular weight is 441 g/mol. The third kappa shape index (κ3) is 6.10. The molecule has 3 aromatic rings. The molecule has 0 saturated carbocycles. The van der Waals surface area contributed by atoms with Crippen LogP contribution in [0.2, 0.25) is 10.0 Å². The standard InChI is InChI=1S/C20H13Cl2F3N2O2/c21-16-6-5-14(18(22)9-16)12-28-27-11-13-4-7-19(26-10-13)29-17-3-1-2-15(8-17)20(23,24)25/h1-11H,12H2/b27-11+. The third-order valence-corrected chi connectivity index (χ3v) is 4.24. The highest BCUT2D eigenvalue weighted by atomic mass is 35.5. The van der Waals surface area contributed by atoms with Crippen molar-refractivity contribution in [1.29, 1.82) is 0 Å². The van der Waals surface area contributed by atoms with Crippen LogP contribution in [0, 0.1) is 0 Å². The van der Waals surface area contributed by atoms with Crippen molar-refractivity contribution in [3.63, 3.8) is 0 Å². The summed E-state index contributed by atoms with van der Waals surface area (Å²) in [7, 11) is 0. The van der Waals surface area contributed by atoms with Crippen LogP contribution >= 0.6 is 23.2 Å². The van der Waals surface area contributed by atoms with Crippen molar-refractivity contribution in [2.75, 3.05) is 0 Å². The molecule has 150 valence electrons. The van der Waals surface area contributed by atoms with Crippen LogP contribution in [0.3, 0.4) is 0 Å². The summed E-state index contributed by atoms with van der Waals surface area (Å²) in [4.78, 5) is 9.23. The van der Waals surface area contributed by atoms with Gasteiger partial charge in [0.2, 0.25) is 5.88 Å². The van der Waals surface area contributed by atoms with Gasteiger partial charge in [-0.2, -0.15) is 13.2 Å². The molecule has 0 saturated heterocycles. The molecule has 0 fully saturated rings. The van der Waals surface area contributed by atoms with Crippen LogP contribution in [0.4, 0.5) is 13.2 Å². The first-order valence-corrected chi connectivity index (χ1v) is 8.97. The minimum absolute atomic E-state index is 0.0388. The van der Waals surface area contributed by atoms with Gasteiger partial charge in [0.1, 0.15) is 12.4 Å². The molecule has 0 radical (unpaired) electrons. The molecule has 4 nitrogen and oxygen atoms in total. The quantitative estimate of drug-likeness (QED) is 0.314. The number of oxime groups is 1. The number of pyridine rings is 1. The summed E-state index contributed by atoms with van der Waals surface area (Å²) in [6.45, 7) is 0.163. The molecule has 1 heterocycles. The zero-order valence-corrected chi connectivity index (χ0v) is 16.2. The molecular weight excluding hydrogens is 428 g/mol. The molecule has 2 aromatic carbocycles. The molecular formula is C20H13Cl2F3N2O2. The molecule has 0 aliphatic rings. The first-order chi connectivity index (χ1) is 13.8. The number of aromatic nitrogens is 1. The van der Waals surface area contributed by atoms with Gasteiger partial charge in [-0.1, -0.05) is 40.5 Å². The SMILES string of the molecule is FC(F)(F)c1cccc(Oc2ccc(/C=N/OCc3ccc(Cl)cc3Cl)cn2)c1. The van der Waals surface area contributed by atoms with Crippen molar-refractivity contribution in [1.82, 2.24) is 4.98 Å². The maximum absolute atomic E-state index is 12.7. The maximum atomic E-state index is 12.7. The van der Waals surface area contributed by atoms with Gasteiger partial charge in [-0.3, -0.25) is 0 Å². The van der Waals surface area contributed by atoms with E-state index in [-0.39, 0.29) is 18.2 Å². The van der Waals surface area contributed by atoms with Gasteiger partial charge < -0.3 is 9.57 Å². The summed E-state index contributed by atoms with van der Waals surface area (Å²) >= 11 is 11.9. The lowest BCUT2D eigenvalue weighted by Gasteiger charge is -2.09. The third-order valence-electron chi connectivity index (χ3n) is 3.65. The fourth-order valence-corrected chi connectivity index (χ4v) is 2.69. The van der Waals surface area contributed by atoms with Gasteiger partial charge in [0, 0.05) is 33.4 Å². The molecule has 0 aliphatic heterocycles. The molecule has 0 amide bonds. The lowest BCUT2D eigenvalue weighted by atomic mass is 10.2. The number of nitrogens with zero attached hydrogens (tertiary/aromatic N) is 2. The molecule has 0 aliphatic carbocycles. The number of ether oxygens (including phenoxy) is 1. The molecule has 3 rings (SSSR count). The molecule has 0 N–H and O–H groups in total. The van der Waals surface area contributed by atoms with Crippen LogP contribution in [0.15, 0.2) is 65.9 Å². The van der Waals surface area contributed by atoms with Gasteiger partial charge in [-0.15, -0.1) is 0 Å². The number of hydrogen-bond acceptors (Lipinski definition) is 4. The molecule has 0 bridgehead atoms. The Balaban J connectivity index is 1.57. The minimum Gasteiger partial charge on any atom is -0.439 e. The summed E-state index contributed by atoms with van der Waals surface area (Å²) < 4.78 is 43.6. The highest BCUT2D eigenvalue weighted by Crippen LogP contribution is 2.32. The van der Waals surface area contributed by atoms with E-state index < -0.39 is 11.7 Å². The van der Waals surface area contributed by atoms with Crippen LogP contribution in [0.25, 0.3) is 0 Å². The van der Waals surface area contributed by atoms with Crippen LogP contribution in [-0.4, -0.2) is 11.2 Å². The number of halogens is 5. The van der Waals surface area contributed by atoms with Crippen molar-refractivity contribution >= 4 is 29.4 Å². The fraction of sp³-hybridized carbons (Fsp3) is 0.100. The lowest BCUT2D eigenvalue weighted by molar-refractivity contribution is -0.137. The van der Waals surface area contributed by atoms with Crippen molar-refractivity contribution in [2.24, 2.45) is 5.16 Å². The second-order valence-electron chi connectivity index (χ2n) is 5.80. The van der Waals surface area contributed by atoms with E-state index in [0.717, 1.165) is 17.7 Å². The predicted octanol–water partition coefficient (Wildman–Crippen LogP) is 6.75. The Hall–Kier alpha value is -2.77. The number of rotatable bonds is 6. The van der Waals surface area contributed by atoms with E-state index in [1.807, 2.05) is 0 Å². The first kappa shape index (κ1) is 21.0. The zero-order valence-electron chi connectivity index (χ0n) is 14.7. The van der Waals surface area contributed by atoms with Gasteiger partial charge >= 0.3 is 6.18 Å². The summed E-state index contributed by atoms with van der Waals surface area (Å²) in [5.74, 6) is 0.187. The Morgan fingerprint density at radius 1 is 1.03 bits per heavy atom. The van der Waals surface area contributed by atoms with Crippen LogP contribution in [-0.2, 0) is 17.6 Å². The van der Waals surface area contributed by atoms with E-state index in [0.29, 0.717) is 15.6 Å². The first-order valence-electron chi connectivity index (χ1n) is 8.22. The number of hydrogen-bond donors (Lipinski definition) is 0. The van der Waals surface area contributed by atoms with Gasteiger partial charge in [-0.05, 0) is 36.4 Å². The molecule has 9 heteroatoms. The monoisotopic (exact) mass is 440 g/mol. The van der Waals surface area contributed by atoms with E-state index in [2.05, 4.69) is 10.1 Å². The van der Waals surface area contributed by atoms with Crippen molar-refractivity contribution in [3.05, 3.63) is 87.5 Å². The summed E-state index contributed by atoms with van der Waals surface area (Å²) in [5.41, 5.74) is 0.552. The van der Waals surface area contributed by atoms with E-state index in [1.54, 1.807) is 24.3 Å². The minimum atomic E-state index is -4.44. The predicted molar refractivity (Wildman–Crippen MR) is 105 cm³/mol. The van der Waals surface area contributed by atoms with E-state index in [4.69, 9.17) is 32.8 Å². The van der Waals surface area contributed by atoms with E-state index in [1.165, 1.54) is 30.6 Å². The smallest absolute Gasteiger partial charge is 0.416 e. The average Bonchev–Trinajstić information content (AvgIpc) is 2.67. The van der Waals surface area contributed by atoms with E-state index >= 15 is 0 Å². The largest absolute Gasteiger partial charge is 0.439 e. The Morgan fingerprint density at radius 2 is 1.86 bits per heavy atom. The Kier molecular flexibility index (Phi) is 6.61. The fourth-order valence-electron chi connectivity index (χ4n) is 2.23.